The topological polar surface area (TPSA) is 37.3 Å². The van der Waals surface area contributed by atoms with E-state index in [0.29, 0.717) is 5.75 Å². The van der Waals surface area contributed by atoms with Gasteiger partial charge in [-0.15, -0.1) is 0 Å². The predicted octanol–water partition coefficient (Wildman–Crippen LogP) is 2.44. The lowest BCUT2D eigenvalue weighted by molar-refractivity contribution is 0.0710. The van der Waals surface area contributed by atoms with E-state index >= 15 is 0 Å². The molecule has 0 aromatic heterocycles. The fraction of sp³-hybridized carbons (Fsp3) is 0.250. The van der Waals surface area contributed by atoms with Crippen LogP contribution < -0.4 is 0 Å². The van der Waals surface area contributed by atoms with E-state index in [9.17, 15) is 9.32 Å². The van der Waals surface area contributed by atoms with E-state index in [2.05, 4.69) is 0 Å². The highest BCUT2D eigenvalue weighted by Gasteiger charge is 2.47. The van der Waals surface area contributed by atoms with Crippen molar-refractivity contribution in [1.82, 2.24) is 0 Å². The molecule has 1 aliphatic rings. The minimum absolute atomic E-state index is 0.211. The van der Waals surface area contributed by atoms with Gasteiger partial charge in [-0.1, -0.05) is 60.7 Å². The second-order valence-corrected chi connectivity index (χ2v) is 6.60. The second-order valence-electron chi connectivity index (χ2n) is 4.86. The molecule has 3 heteroatoms. The number of aliphatic hydroxyl groups is 1. The van der Waals surface area contributed by atoms with Crippen molar-refractivity contribution in [2.24, 2.45) is 0 Å². The Labute approximate surface area is 115 Å². The molecule has 0 saturated carbocycles. The maximum absolute atomic E-state index is 12.0. The Balaban J connectivity index is 2.13. The van der Waals surface area contributed by atoms with Crippen LogP contribution in [0.5, 0.6) is 0 Å². The highest BCUT2D eigenvalue weighted by Crippen LogP contribution is 2.40. The molecular formula is C16H16O2S. The average molecular weight is 272 g/mol. The van der Waals surface area contributed by atoms with Gasteiger partial charge in [0.05, 0.1) is 5.25 Å². The first-order chi connectivity index (χ1) is 9.23. The van der Waals surface area contributed by atoms with Crippen LogP contribution in [0, 0.1) is 0 Å². The lowest BCUT2D eigenvalue weighted by Gasteiger charge is -2.41. The van der Waals surface area contributed by atoms with Crippen LogP contribution in [0.3, 0.4) is 0 Å². The van der Waals surface area contributed by atoms with Crippen molar-refractivity contribution in [3.05, 3.63) is 71.8 Å². The SMILES string of the molecule is O=[S@@]1CC[C@H]1C(O)(c1ccccc1)c1ccccc1. The van der Waals surface area contributed by atoms with E-state index in [1.807, 2.05) is 60.7 Å². The van der Waals surface area contributed by atoms with Gasteiger partial charge in [-0.25, -0.2) is 0 Å². The first-order valence-corrected chi connectivity index (χ1v) is 7.82. The number of hydrogen-bond donors (Lipinski definition) is 1. The molecule has 0 unspecified atom stereocenters. The molecule has 0 spiro atoms. The summed E-state index contributed by atoms with van der Waals surface area (Å²) in [5, 5.41) is 11.0. The van der Waals surface area contributed by atoms with E-state index in [-0.39, 0.29) is 5.25 Å². The minimum atomic E-state index is -1.15. The first-order valence-electron chi connectivity index (χ1n) is 6.43. The predicted molar refractivity (Wildman–Crippen MR) is 77.3 cm³/mol. The van der Waals surface area contributed by atoms with E-state index in [4.69, 9.17) is 0 Å². The number of hydrogen-bond acceptors (Lipinski definition) is 2. The summed E-state index contributed by atoms with van der Waals surface area (Å²) in [6.45, 7) is 0. The molecule has 0 radical (unpaired) electrons. The monoisotopic (exact) mass is 272 g/mol. The second kappa shape index (κ2) is 4.91. The summed E-state index contributed by atoms with van der Waals surface area (Å²) in [6, 6.07) is 19.1. The van der Waals surface area contributed by atoms with Crippen LogP contribution in [0.2, 0.25) is 0 Å². The van der Waals surface area contributed by atoms with E-state index in [0.717, 1.165) is 17.5 Å². The molecule has 1 N–H and O–H groups in total. The summed E-state index contributed by atoms with van der Waals surface area (Å²) in [5.74, 6) is 0.687. The molecule has 0 amide bonds. The molecule has 0 bridgehead atoms. The molecule has 19 heavy (non-hydrogen) atoms. The van der Waals surface area contributed by atoms with Crippen LogP contribution in [-0.2, 0) is 16.4 Å². The molecule has 98 valence electrons. The van der Waals surface area contributed by atoms with Gasteiger partial charge in [-0.3, -0.25) is 4.21 Å². The van der Waals surface area contributed by atoms with Gasteiger partial charge in [-0.05, 0) is 17.5 Å². The summed E-state index contributed by atoms with van der Waals surface area (Å²) < 4.78 is 12.0. The van der Waals surface area contributed by atoms with Crippen LogP contribution in [-0.4, -0.2) is 20.3 Å². The molecule has 3 rings (SSSR count). The van der Waals surface area contributed by atoms with Crippen LogP contribution in [0.25, 0.3) is 0 Å². The third-order valence-corrected chi connectivity index (χ3v) is 5.64. The van der Waals surface area contributed by atoms with Crippen molar-refractivity contribution in [2.75, 3.05) is 5.75 Å². The smallest absolute Gasteiger partial charge is 0.129 e. The van der Waals surface area contributed by atoms with Gasteiger partial charge in [0.1, 0.15) is 5.60 Å². The van der Waals surface area contributed by atoms with Crippen molar-refractivity contribution in [3.63, 3.8) is 0 Å². The van der Waals surface area contributed by atoms with Gasteiger partial charge < -0.3 is 5.11 Å². The van der Waals surface area contributed by atoms with Crippen molar-refractivity contribution in [2.45, 2.75) is 17.3 Å². The van der Waals surface area contributed by atoms with Gasteiger partial charge in [0.25, 0.3) is 0 Å². The Kier molecular flexibility index (Phi) is 3.25. The lowest BCUT2D eigenvalue weighted by Crippen LogP contribution is -2.50. The normalized spacial score (nSPS) is 22.8. The molecule has 2 atom stereocenters. The molecule has 2 aromatic rings. The highest BCUT2D eigenvalue weighted by atomic mass is 32.2. The molecule has 2 nitrogen and oxygen atoms in total. The molecular weight excluding hydrogens is 256 g/mol. The Hall–Kier alpha value is -1.45. The van der Waals surface area contributed by atoms with Crippen molar-refractivity contribution in [1.29, 1.82) is 0 Å². The van der Waals surface area contributed by atoms with Crippen LogP contribution in [0.1, 0.15) is 17.5 Å². The van der Waals surface area contributed by atoms with Crippen LogP contribution in [0.4, 0.5) is 0 Å². The first kappa shape index (κ1) is 12.6. The number of benzene rings is 2. The third-order valence-electron chi connectivity index (χ3n) is 3.79. The number of rotatable bonds is 3. The summed E-state index contributed by atoms with van der Waals surface area (Å²) in [4.78, 5) is 0. The van der Waals surface area contributed by atoms with Crippen molar-refractivity contribution >= 4 is 10.8 Å². The van der Waals surface area contributed by atoms with Crippen molar-refractivity contribution < 1.29 is 9.32 Å². The largest absolute Gasteiger partial charge is 0.379 e. The summed E-state index contributed by atoms with van der Waals surface area (Å²) in [5.41, 5.74) is 0.490. The van der Waals surface area contributed by atoms with E-state index < -0.39 is 16.4 Å². The zero-order chi connectivity index (χ0) is 13.3. The minimum Gasteiger partial charge on any atom is -0.379 e. The Morgan fingerprint density at radius 1 is 0.947 bits per heavy atom. The maximum atomic E-state index is 12.0. The quantitative estimate of drug-likeness (QED) is 0.932. The molecule has 1 heterocycles. The van der Waals surface area contributed by atoms with Crippen LogP contribution >= 0.6 is 0 Å². The van der Waals surface area contributed by atoms with Gasteiger partial charge in [0.15, 0.2) is 0 Å². The Morgan fingerprint density at radius 3 is 1.74 bits per heavy atom. The molecule has 1 saturated heterocycles. The summed E-state index contributed by atoms with van der Waals surface area (Å²) in [7, 11) is -0.950. The molecule has 1 fully saturated rings. The zero-order valence-electron chi connectivity index (χ0n) is 10.5. The van der Waals surface area contributed by atoms with Gasteiger partial charge in [-0.2, -0.15) is 0 Å². The lowest BCUT2D eigenvalue weighted by atomic mass is 9.82. The fourth-order valence-electron chi connectivity index (χ4n) is 2.65. The Morgan fingerprint density at radius 2 is 1.42 bits per heavy atom. The molecule has 2 aromatic carbocycles. The van der Waals surface area contributed by atoms with Gasteiger partial charge in [0.2, 0.25) is 0 Å². The van der Waals surface area contributed by atoms with E-state index in [1.165, 1.54) is 0 Å². The van der Waals surface area contributed by atoms with Crippen molar-refractivity contribution in [3.8, 4) is 0 Å². The van der Waals surface area contributed by atoms with Gasteiger partial charge >= 0.3 is 0 Å². The Bertz CT molecular complexity index is 541. The zero-order valence-corrected chi connectivity index (χ0v) is 11.3. The molecule has 0 aliphatic carbocycles. The summed E-state index contributed by atoms with van der Waals surface area (Å²) >= 11 is 0. The highest BCUT2D eigenvalue weighted by molar-refractivity contribution is 7.87. The summed E-state index contributed by atoms with van der Waals surface area (Å²) in [6.07, 6.45) is 0.799. The average Bonchev–Trinajstić information content (AvgIpc) is 2.47. The third kappa shape index (κ3) is 2.03. The molecule has 1 aliphatic heterocycles. The van der Waals surface area contributed by atoms with Crippen LogP contribution in [0.15, 0.2) is 60.7 Å². The van der Waals surface area contributed by atoms with Gasteiger partial charge in [0, 0.05) is 16.6 Å². The standard InChI is InChI=1S/C16H16O2S/c17-16(15-11-12-19(15)18,13-7-3-1-4-8-13)14-9-5-2-6-10-14/h1-10,15,17H,11-12H2/t15-,19+/m0/s1. The van der Waals surface area contributed by atoms with E-state index in [1.54, 1.807) is 0 Å². The maximum Gasteiger partial charge on any atom is 0.129 e. The fourth-order valence-corrected chi connectivity index (χ4v) is 3.97.